The molecule has 0 aliphatic rings. The highest BCUT2D eigenvalue weighted by Gasteiger charge is 2.16. The summed E-state index contributed by atoms with van der Waals surface area (Å²) in [6, 6.07) is 26.1. The SMILES string of the molecule is COc1ccc(-c2nn(-c3ccccc3)cc2/C=C(\C#N)C(=O)Nc2ccccc2OC)cc1. The molecule has 4 rings (SSSR count). The molecule has 0 bridgehead atoms. The quantitative estimate of drug-likeness (QED) is 0.312. The summed E-state index contributed by atoms with van der Waals surface area (Å²) in [5, 5.41) is 17.2. The number of hydrogen-bond donors (Lipinski definition) is 1. The smallest absolute Gasteiger partial charge is 0.266 e. The molecule has 1 N–H and O–H groups in total. The highest BCUT2D eigenvalue weighted by Crippen LogP contribution is 2.28. The van der Waals surface area contributed by atoms with Gasteiger partial charge in [0.25, 0.3) is 5.91 Å². The van der Waals surface area contributed by atoms with Gasteiger partial charge in [-0.25, -0.2) is 4.68 Å². The lowest BCUT2D eigenvalue weighted by Gasteiger charge is -2.09. The Labute approximate surface area is 197 Å². The van der Waals surface area contributed by atoms with Crippen LogP contribution in [0.1, 0.15) is 5.56 Å². The molecule has 0 radical (unpaired) electrons. The van der Waals surface area contributed by atoms with Gasteiger partial charge in [-0.2, -0.15) is 10.4 Å². The molecule has 7 heteroatoms. The van der Waals surface area contributed by atoms with Crippen LogP contribution in [0.2, 0.25) is 0 Å². The number of nitrogens with one attached hydrogen (secondary N) is 1. The largest absolute Gasteiger partial charge is 0.497 e. The van der Waals surface area contributed by atoms with Crippen molar-refractivity contribution in [3.63, 3.8) is 0 Å². The Balaban J connectivity index is 1.75. The van der Waals surface area contributed by atoms with Gasteiger partial charge < -0.3 is 14.8 Å². The van der Waals surface area contributed by atoms with Crippen molar-refractivity contribution in [1.29, 1.82) is 5.26 Å². The lowest BCUT2D eigenvalue weighted by Crippen LogP contribution is -2.14. The molecule has 0 saturated carbocycles. The van der Waals surface area contributed by atoms with E-state index in [1.165, 1.54) is 13.2 Å². The molecule has 1 aromatic heterocycles. The van der Waals surface area contributed by atoms with Crippen LogP contribution in [-0.4, -0.2) is 29.9 Å². The van der Waals surface area contributed by atoms with E-state index in [2.05, 4.69) is 5.32 Å². The van der Waals surface area contributed by atoms with E-state index in [4.69, 9.17) is 14.6 Å². The molecular formula is C27H22N4O3. The molecule has 0 saturated heterocycles. The molecule has 0 aliphatic carbocycles. The van der Waals surface area contributed by atoms with Crippen LogP contribution < -0.4 is 14.8 Å². The van der Waals surface area contributed by atoms with E-state index in [9.17, 15) is 10.1 Å². The molecule has 1 heterocycles. The molecule has 3 aromatic carbocycles. The number of carbonyl (C=O) groups is 1. The van der Waals surface area contributed by atoms with Gasteiger partial charge >= 0.3 is 0 Å². The fourth-order valence-corrected chi connectivity index (χ4v) is 3.42. The molecule has 0 spiro atoms. The molecule has 168 valence electrons. The molecule has 4 aromatic rings. The Hall–Kier alpha value is -4.83. The number of aromatic nitrogens is 2. The van der Waals surface area contributed by atoms with Gasteiger partial charge in [0.2, 0.25) is 0 Å². The number of ether oxygens (including phenoxy) is 2. The zero-order valence-corrected chi connectivity index (χ0v) is 18.7. The van der Waals surface area contributed by atoms with Crippen molar-refractivity contribution < 1.29 is 14.3 Å². The number of carbonyl (C=O) groups excluding carboxylic acids is 1. The first-order valence-corrected chi connectivity index (χ1v) is 10.5. The number of nitriles is 1. The van der Waals surface area contributed by atoms with Crippen LogP contribution in [0, 0.1) is 11.3 Å². The Morgan fingerprint density at radius 3 is 2.35 bits per heavy atom. The number of rotatable bonds is 7. The van der Waals surface area contributed by atoms with E-state index in [0.717, 1.165) is 17.0 Å². The third kappa shape index (κ3) is 4.81. The van der Waals surface area contributed by atoms with Crippen LogP contribution in [0.5, 0.6) is 11.5 Å². The van der Waals surface area contributed by atoms with E-state index < -0.39 is 5.91 Å². The maximum atomic E-state index is 12.9. The second-order valence-corrected chi connectivity index (χ2v) is 7.27. The van der Waals surface area contributed by atoms with Gasteiger partial charge in [0.05, 0.1) is 31.3 Å². The average Bonchev–Trinajstić information content (AvgIpc) is 3.32. The maximum Gasteiger partial charge on any atom is 0.266 e. The highest BCUT2D eigenvalue weighted by atomic mass is 16.5. The van der Waals surface area contributed by atoms with E-state index in [0.29, 0.717) is 22.7 Å². The van der Waals surface area contributed by atoms with Crippen LogP contribution in [0.15, 0.2) is 90.6 Å². The van der Waals surface area contributed by atoms with E-state index in [-0.39, 0.29) is 5.57 Å². The topological polar surface area (TPSA) is 89.2 Å². The second kappa shape index (κ2) is 10.2. The predicted molar refractivity (Wildman–Crippen MR) is 131 cm³/mol. The number of anilines is 1. The van der Waals surface area contributed by atoms with Gasteiger partial charge in [0.1, 0.15) is 23.1 Å². The summed E-state index contributed by atoms with van der Waals surface area (Å²) in [5.74, 6) is 0.682. The Morgan fingerprint density at radius 2 is 1.68 bits per heavy atom. The third-order valence-electron chi connectivity index (χ3n) is 5.15. The second-order valence-electron chi connectivity index (χ2n) is 7.27. The molecule has 0 aliphatic heterocycles. The third-order valence-corrected chi connectivity index (χ3v) is 5.15. The molecule has 0 fully saturated rings. The number of para-hydroxylation sites is 3. The van der Waals surface area contributed by atoms with Gasteiger partial charge in [-0.3, -0.25) is 4.79 Å². The van der Waals surface area contributed by atoms with Crippen molar-refractivity contribution in [2.24, 2.45) is 0 Å². The van der Waals surface area contributed by atoms with Gasteiger partial charge in [-0.15, -0.1) is 0 Å². The Kier molecular flexibility index (Phi) is 6.70. The van der Waals surface area contributed by atoms with Crippen molar-refractivity contribution >= 4 is 17.7 Å². The van der Waals surface area contributed by atoms with Gasteiger partial charge in [-0.05, 0) is 54.6 Å². The first-order chi connectivity index (χ1) is 16.6. The molecule has 1 amide bonds. The lowest BCUT2D eigenvalue weighted by atomic mass is 10.1. The number of methoxy groups -OCH3 is 2. The standard InChI is InChI=1S/C27H22N4O3/c1-33-23-14-12-19(13-15-23)26-21(18-31(30-26)22-8-4-3-5-9-22)16-20(17-28)27(32)29-24-10-6-7-11-25(24)34-2/h3-16,18H,1-2H3,(H,29,32)/b20-16+. The first kappa shape index (κ1) is 22.4. The van der Waals surface area contributed by atoms with Gasteiger partial charge in [-0.1, -0.05) is 30.3 Å². The summed E-state index contributed by atoms with van der Waals surface area (Å²) in [6.45, 7) is 0. The van der Waals surface area contributed by atoms with Crippen molar-refractivity contribution in [3.8, 4) is 34.5 Å². The molecule has 34 heavy (non-hydrogen) atoms. The summed E-state index contributed by atoms with van der Waals surface area (Å²) in [7, 11) is 3.12. The van der Waals surface area contributed by atoms with Crippen molar-refractivity contribution in [2.45, 2.75) is 0 Å². The van der Waals surface area contributed by atoms with Crippen molar-refractivity contribution in [1.82, 2.24) is 9.78 Å². The minimum absolute atomic E-state index is 0.0618. The summed E-state index contributed by atoms with van der Waals surface area (Å²) in [5.41, 5.74) is 3.35. The molecular weight excluding hydrogens is 428 g/mol. The average molecular weight is 450 g/mol. The minimum atomic E-state index is -0.542. The maximum absolute atomic E-state index is 12.9. The van der Waals surface area contributed by atoms with E-state index in [1.54, 1.807) is 42.3 Å². The van der Waals surface area contributed by atoms with Crippen LogP contribution >= 0.6 is 0 Å². The Bertz CT molecular complexity index is 1370. The van der Waals surface area contributed by atoms with Gasteiger partial charge in [0, 0.05) is 17.3 Å². The highest BCUT2D eigenvalue weighted by molar-refractivity contribution is 6.10. The number of amides is 1. The van der Waals surface area contributed by atoms with Crippen molar-refractivity contribution in [2.75, 3.05) is 19.5 Å². The zero-order chi connectivity index (χ0) is 23.9. The normalized spacial score (nSPS) is 10.9. The molecule has 0 atom stereocenters. The van der Waals surface area contributed by atoms with E-state index in [1.807, 2.05) is 60.7 Å². The summed E-state index contributed by atoms with van der Waals surface area (Å²) in [4.78, 5) is 12.9. The zero-order valence-electron chi connectivity index (χ0n) is 18.7. The number of hydrogen-bond acceptors (Lipinski definition) is 5. The fraction of sp³-hybridized carbons (Fsp3) is 0.0741. The summed E-state index contributed by atoms with van der Waals surface area (Å²) < 4.78 is 12.3. The van der Waals surface area contributed by atoms with Gasteiger partial charge in [0.15, 0.2) is 0 Å². The van der Waals surface area contributed by atoms with Crippen LogP contribution in [0.25, 0.3) is 23.0 Å². The molecule has 0 unspecified atom stereocenters. The lowest BCUT2D eigenvalue weighted by molar-refractivity contribution is -0.112. The van der Waals surface area contributed by atoms with E-state index >= 15 is 0 Å². The predicted octanol–water partition coefficient (Wildman–Crippen LogP) is 5.10. The Morgan fingerprint density at radius 1 is 0.971 bits per heavy atom. The van der Waals surface area contributed by atoms with Crippen LogP contribution in [0.4, 0.5) is 5.69 Å². The van der Waals surface area contributed by atoms with Crippen LogP contribution in [-0.2, 0) is 4.79 Å². The minimum Gasteiger partial charge on any atom is -0.497 e. The number of benzene rings is 3. The monoisotopic (exact) mass is 450 g/mol. The fourth-order valence-electron chi connectivity index (χ4n) is 3.42. The molecule has 7 nitrogen and oxygen atoms in total. The summed E-state index contributed by atoms with van der Waals surface area (Å²) >= 11 is 0. The number of nitrogens with zero attached hydrogens (tertiary/aromatic N) is 3. The van der Waals surface area contributed by atoms with Crippen molar-refractivity contribution in [3.05, 3.63) is 96.2 Å². The first-order valence-electron chi connectivity index (χ1n) is 10.5. The van der Waals surface area contributed by atoms with Crippen LogP contribution in [0.3, 0.4) is 0 Å². The summed E-state index contributed by atoms with van der Waals surface area (Å²) in [6.07, 6.45) is 3.33.